The minimum atomic E-state index is -0.0811. The first kappa shape index (κ1) is 12.2. The molecule has 1 saturated carbocycles. The highest BCUT2D eigenvalue weighted by atomic mass is 16.2. The third-order valence-corrected chi connectivity index (χ3v) is 4.04. The predicted octanol–water partition coefficient (Wildman–Crippen LogP) is 1.96. The lowest BCUT2D eigenvalue weighted by atomic mass is 10.1. The molecule has 2 fully saturated rings. The summed E-state index contributed by atoms with van der Waals surface area (Å²) >= 11 is 0. The van der Waals surface area contributed by atoms with E-state index in [0.29, 0.717) is 11.5 Å². The number of benzene rings is 1. The van der Waals surface area contributed by atoms with Crippen LogP contribution in [0.1, 0.15) is 12.2 Å². The number of carbonyl (C=O) groups is 2. The number of anilines is 1. The molecule has 0 unspecified atom stereocenters. The van der Waals surface area contributed by atoms with E-state index in [1.165, 1.54) is 4.90 Å². The number of imide groups is 1. The van der Waals surface area contributed by atoms with E-state index in [1.54, 1.807) is 12.3 Å². The second-order valence-corrected chi connectivity index (χ2v) is 5.50. The lowest BCUT2D eigenvalue weighted by Crippen LogP contribution is -2.32. The lowest BCUT2D eigenvalue weighted by molar-refractivity contribution is -0.123. The van der Waals surface area contributed by atoms with Crippen LogP contribution in [0.3, 0.4) is 0 Å². The molecule has 104 valence electrons. The van der Waals surface area contributed by atoms with Gasteiger partial charge in [-0.25, -0.2) is 9.97 Å². The molecule has 1 aromatic carbocycles. The fourth-order valence-electron chi connectivity index (χ4n) is 2.86. The summed E-state index contributed by atoms with van der Waals surface area (Å²) in [5, 5.41) is 0. The molecular weight excluding hydrogens is 266 g/mol. The topological polar surface area (TPSA) is 63.2 Å². The average Bonchev–Trinajstić information content (AvgIpc) is 3.24. The highest BCUT2D eigenvalue weighted by Gasteiger charge is 2.59. The number of hydrogen-bond acceptors (Lipinski definition) is 4. The normalized spacial score (nSPS) is 23.4. The first-order valence-electron chi connectivity index (χ1n) is 6.93. The van der Waals surface area contributed by atoms with E-state index < -0.39 is 0 Å². The first-order valence-corrected chi connectivity index (χ1v) is 6.93. The number of aromatic nitrogens is 2. The average molecular weight is 279 g/mol. The van der Waals surface area contributed by atoms with Crippen LogP contribution in [-0.4, -0.2) is 21.8 Å². The minimum absolute atomic E-state index is 0.0685. The summed E-state index contributed by atoms with van der Waals surface area (Å²) in [5.74, 6) is 0.388. The third-order valence-electron chi connectivity index (χ3n) is 4.04. The smallest absolute Gasteiger partial charge is 0.237 e. The standard InChI is InChI=1S/C16H13N3O2/c1-9-17-6-5-14(18-9)10-3-2-4-11(7-10)19-15(20)12-8-13(12)16(19)21/h2-7,12-13H,8H2,1H3/t12-,13+. The molecule has 1 aromatic heterocycles. The molecule has 0 N–H and O–H groups in total. The minimum Gasteiger partial charge on any atom is -0.274 e. The van der Waals surface area contributed by atoms with E-state index in [-0.39, 0.29) is 23.7 Å². The summed E-state index contributed by atoms with van der Waals surface area (Å²) in [7, 11) is 0. The van der Waals surface area contributed by atoms with Gasteiger partial charge in [-0.3, -0.25) is 14.5 Å². The summed E-state index contributed by atoms with van der Waals surface area (Å²) in [6.07, 6.45) is 2.42. The summed E-state index contributed by atoms with van der Waals surface area (Å²) in [4.78, 5) is 34.0. The molecule has 0 radical (unpaired) electrons. The molecule has 1 saturated heterocycles. The highest BCUT2D eigenvalue weighted by molar-refractivity contribution is 6.24. The van der Waals surface area contributed by atoms with Crippen molar-refractivity contribution in [2.75, 3.05) is 4.90 Å². The zero-order chi connectivity index (χ0) is 14.6. The number of rotatable bonds is 2. The maximum absolute atomic E-state index is 12.1. The Bertz CT molecular complexity index is 752. The van der Waals surface area contributed by atoms with Gasteiger partial charge in [0, 0.05) is 11.8 Å². The van der Waals surface area contributed by atoms with Crippen molar-refractivity contribution in [2.45, 2.75) is 13.3 Å². The molecule has 5 heteroatoms. The van der Waals surface area contributed by atoms with Crippen molar-refractivity contribution in [1.29, 1.82) is 0 Å². The predicted molar refractivity (Wildman–Crippen MR) is 76.3 cm³/mol. The largest absolute Gasteiger partial charge is 0.274 e. The Kier molecular flexibility index (Phi) is 2.45. The fraction of sp³-hybridized carbons (Fsp3) is 0.250. The van der Waals surface area contributed by atoms with Gasteiger partial charge in [0.2, 0.25) is 11.8 Å². The van der Waals surface area contributed by atoms with Crippen molar-refractivity contribution in [1.82, 2.24) is 9.97 Å². The zero-order valence-electron chi connectivity index (χ0n) is 11.5. The van der Waals surface area contributed by atoms with E-state index in [1.807, 2.05) is 31.2 Å². The van der Waals surface area contributed by atoms with Gasteiger partial charge in [-0.05, 0) is 31.5 Å². The Hall–Kier alpha value is -2.56. The second-order valence-electron chi connectivity index (χ2n) is 5.50. The van der Waals surface area contributed by atoms with Crippen LogP contribution < -0.4 is 4.90 Å². The van der Waals surface area contributed by atoms with Crippen LogP contribution in [0.5, 0.6) is 0 Å². The van der Waals surface area contributed by atoms with Crippen LogP contribution in [0, 0.1) is 18.8 Å². The molecule has 2 atom stereocenters. The molecular formula is C16H13N3O2. The Morgan fingerprint density at radius 2 is 1.90 bits per heavy atom. The molecule has 4 rings (SSSR count). The molecule has 2 aromatic rings. The van der Waals surface area contributed by atoms with E-state index in [2.05, 4.69) is 9.97 Å². The van der Waals surface area contributed by atoms with Gasteiger partial charge in [0.1, 0.15) is 5.82 Å². The van der Waals surface area contributed by atoms with Crippen LogP contribution in [0.15, 0.2) is 36.5 Å². The molecule has 1 aliphatic heterocycles. The molecule has 21 heavy (non-hydrogen) atoms. The van der Waals surface area contributed by atoms with Crippen LogP contribution in [-0.2, 0) is 9.59 Å². The number of hydrogen-bond donors (Lipinski definition) is 0. The summed E-state index contributed by atoms with van der Waals surface area (Å²) < 4.78 is 0. The number of nitrogens with zero attached hydrogens (tertiary/aromatic N) is 3. The van der Waals surface area contributed by atoms with Gasteiger partial charge in [0.05, 0.1) is 23.2 Å². The van der Waals surface area contributed by atoms with E-state index in [9.17, 15) is 9.59 Å². The van der Waals surface area contributed by atoms with Crippen molar-refractivity contribution >= 4 is 17.5 Å². The van der Waals surface area contributed by atoms with Crippen molar-refractivity contribution in [3.05, 3.63) is 42.4 Å². The number of fused-ring (bicyclic) bond motifs is 1. The second kappa shape index (κ2) is 4.22. The van der Waals surface area contributed by atoms with Crippen molar-refractivity contribution in [2.24, 2.45) is 11.8 Å². The summed E-state index contributed by atoms with van der Waals surface area (Å²) in [6, 6.07) is 9.20. The monoisotopic (exact) mass is 279 g/mol. The van der Waals surface area contributed by atoms with Crippen molar-refractivity contribution in [3.63, 3.8) is 0 Å². The van der Waals surface area contributed by atoms with Gasteiger partial charge in [0.25, 0.3) is 0 Å². The third kappa shape index (κ3) is 1.85. The Morgan fingerprint density at radius 3 is 2.62 bits per heavy atom. The molecule has 2 heterocycles. The van der Waals surface area contributed by atoms with Gasteiger partial charge in [-0.2, -0.15) is 0 Å². The Morgan fingerprint density at radius 1 is 1.14 bits per heavy atom. The van der Waals surface area contributed by atoms with Gasteiger partial charge in [-0.15, -0.1) is 0 Å². The van der Waals surface area contributed by atoms with Gasteiger partial charge in [0.15, 0.2) is 0 Å². The number of aryl methyl sites for hydroxylation is 1. The quantitative estimate of drug-likeness (QED) is 0.788. The highest BCUT2D eigenvalue weighted by Crippen LogP contribution is 2.48. The van der Waals surface area contributed by atoms with Crippen LogP contribution in [0.4, 0.5) is 5.69 Å². The van der Waals surface area contributed by atoms with Crippen molar-refractivity contribution < 1.29 is 9.59 Å². The van der Waals surface area contributed by atoms with Crippen LogP contribution in [0.2, 0.25) is 0 Å². The SMILES string of the molecule is Cc1nccc(-c2cccc(N3C(=O)[C@H]4C[C@H]4C3=O)c2)n1. The maximum Gasteiger partial charge on any atom is 0.237 e. The molecule has 0 bridgehead atoms. The van der Waals surface area contributed by atoms with Gasteiger partial charge < -0.3 is 0 Å². The van der Waals surface area contributed by atoms with E-state index in [0.717, 1.165) is 17.7 Å². The van der Waals surface area contributed by atoms with E-state index in [4.69, 9.17) is 0 Å². The summed E-state index contributed by atoms with van der Waals surface area (Å²) in [6.45, 7) is 1.83. The summed E-state index contributed by atoms with van der Waals surface area (Å²) in [5.41, 5.74) is 2.29. The Balaban J connectivity index is 1.74. The van der Waals surface area contributed by atoms with Gasteiger partial charge >= 0.3 is 0 Å². The van der Waals surface area contributed by atoms with Crippen LogP contribution in [0.25, 0.3) is 11.3 Å². The molecule has 2 aliphatic rings. The Labute approximate surface area is 121 Å². The molecule has 1 aliphatic carbocycles. The van der Waals surface area contributed by atoms with Crippen LogP contribution >= 0.6 is 0 Å². The molecule has 0 spiro atoms. The van der Waals surface area contributed by atoms with Gasteiger partial charge in [-0.1, -0.05) is 12.1 Å². The first-order chi connectivity index (χ1) is 10.1. The van der Waals surface area contributed by atoms with Crippen molar-refractivity contribution in [3.8, 4) is 11.3 Å². The molecule has 2 amide bonds. The number of piperidine rings is 1. The maximum atomic E-state index is 12.1. The number of amides is 2. The molecule has 5 nitrogen and oxygen atoms in total. The number of carbonyl (C=O) groups excluding carboxylic acids is 2. The van der Waals surface area contributed by atoms with E-state index >= 15 is 0 Å². The fourth-order valence-corrected chi connectivity index (χ4v) is 2.86. The zero-order valence-corrected chi connectivity index (χ0v) is 11.5. The lowest BCUT2D eigenvalue weighted by Gasteiger charge is -2.17.